The van der Waals surface area contributed by atoms with E-state index in [0.29, 0.717) is 5.02 Å². The standard InChI is InChI=1S/C17H22ClN3/c1-5-19-10-14-9-16(18)17(20-11-14)21(4)15-7-12(2)6-13(3)8-15/h6-9,11,19H,5,10H2,1-4H3. The van der Waals surface area contributed by atoms with Crippen LogP contribution in [0.4, 0.5) is 11.5 Å². The van der Waals surface area contributed by atoms with Gasteiger partial charge in [-0.25, -0.2) is 4.98 Å². The van der Waals surface area contributed by atoms with Gasteiger partial charge >= 0.3 is 0 Å². The minimum absolute atomic E-state index is 0.673. The molecule has 1 heterocycles. The lowest BCUT2D eigenvalue weighted by Gasteiger charge is -2.21. The molecule has 1 aromatic heterocycles. The molecule has 0 saturated carbocycles. The summed E-state index contributed by atoms with van der Waals surface area (Å²) in [4.78, 5) is 6.55. The number of benzene rings is 1. The zero-order valence-corrected chi connectivity index (χ0v) is 13.8. The van der Waals surface area contributed by atoms with Gasteiger partial charge in [0.05, 0.1) is 5.02 Å². The van der Waals surface area contributed by atoms with E-state index in [1.54, 1.807) is 0 Å². The van der Waals surface area contributed by atoms with Crippen LogP contribution >= 0.6 is 11.6 Å². The summed E-state index contributed by atoms with van der Waals surface area (Å²) in [5.74, 6) is 0.780. The summed E-state index contributed by atoms with van der Waals surface area (Å²) in [5, 5.41) is 3.95. The second kappa shape index (κ2) is 6.92. The molecule has 0 aliphatic rings. The van der Waals surface area contributed by atoms with Gasteiger partial charge in [-0.05, 0) is 55.3 Å². The molecule has 1 aromatic carbocycles. The van der Waals surface area contributed by atoms with Gasteiger partial charge in [0.1, 0.15) is 0 Å². The molecular weight excluding hydrogens is 282 g/mol. The van der Waals surface area contributed by atoms with E-state index in [1.807, 2.05) is 24.2 Å². The van der Waals surface area contributed by atoms with Crippen LogP contribution in [0, 0.1) is 13.8 Å². The third-order valence-corrected chi connectivity index (χ3v) is 3.65. The van der Waals surface area contributed by atoms with E-state index in [4.69, 9.17) is 11.6 Å². The maximum Gasteiger partial charge on any atom is 0.151 e. The van der Waals surface area contributed by atoms with Gasteiger partial charge in [0.25, 0.3) is 0 Å². The smallest absolute Gasteiger partial charge is 0.151 e. The second-order valence-corrected chi connectivity index (χ2v) is 5.74. The van der Waals surface area contributed by atoms with Gasteiger partial charge in [-0.15, -0.1) is 0 Å². The van der Waals surface area contributed by atoms with Crippen molar-refractivity contribution < 1.29 is 0 Å². The van der Waals surface area contributed by atoms with E-state index in [9.17, 15) is 0 Å². The number of halogens is 1. The number of rotatable bonds is 5. The predicted molar refractivity (Wildman–Crippen MR) is 90.6 cm³/mol. The molecule has 0 amide bonds. The maximum absolute atomic E-state index is 6.40. The molecule has 0 aliphatic carbocycles. The summed E-state index contributed by atoms with van der Waals surface area (Å²) in [7, 11) is 1.99. The average molecular weight is 304 g/mol. The quantitative estimate of drug-likeness (QED) is 0.896. The predicted octanol–water partition coefficient (Wildman–Crippen LogP) is 4.23. The van der Waals surface area contributed by atoms with Crippen molar-refractivity contribution in [2.75, 3.05) is 18.5 Å². The Morgan fingerprint density at radius 2 is 1.81 bits per heavy atom. The average Bonchev–Trinajstić information content (AvgIpc) is 2.43. The van der Waals surface area contributed by atoms with Gasteiger partial charge in [0, 0.05) is 25.5 Å². The van der Waals surface area contributed by atoms with Crippen molar-refractivity contribution in [2.45, 2.75) is 27.3 Å². The summed E-state index contributed by atoms with van der Waals surface area (Å²) < 4.78 is 0. The minimum atomic E-state index is 0.673. The summed E-state index contributed by atoms with van der Waals surface area (Å²) in [5.41, 5.74) is 4.66. The number of anilines is 2. The SMILES string of the molecule is CCNCc1cnc(N(C)c2cc(C)cc(C)c2)c(Cl)c1. The Hall–Kier alpha value is -1.58. The highest BCUT2D eigenvalue weighted by atomic mass is 35.5. The topological polar surface area (TPSA) is 28.2 Å². The molecule has 0 fully saturated rings. The van der Waals surface area contributed by atoms with Gasteiger partial charge in [0.2, 0.25) is 0 Å². The van der Waals surface area contributed by atoms with Crippen LogP contribution in [0.25, 0.3) is 0 Å². The van der Waals surface area contributed by atoms with Crippen molar-refractivity contribution in [3.8, 4) is 0 Å². The summed E-state index contributed by atoms with van der Waals surface area (Å²) in [6.07, 6.45) is 1.88. The fraction of sp³-hybridized carbons (Fsp3) is 0.353. The van der Waals surface area contributed by atoms with Crippen molar-refractivity contribution >= 4 is 23.1 Å². The fourth-order valence-electron chi connectivity index (χ4n) is 2.35. The van der Waals surface area contributed by atoms with Crippen molar-refractivity contribution in [3.05, 3.63) is 52.2 Å². The van der Waals surface area contributed by atoms with Crippen LogP contribution in [0.2, 0.25) is 5.02 Å². The molecule has 0 radical (unpaired) electrons. The fourth-order valence-corrected chi connectivity index (χ4v) is 2.67. The molecule has 21 heavy (non-hydrogen) atoms. The lowest BCUT2D eigenvalue weighted by molar-refractivity contribution is 0.724. The van der Waals surface area contributed by atoms with Crippen LogP contribution in [0.5, 0.6) is 0 Å². The first-order chi connectivity index (χ1) is 10.0. The van der Waals surface area contributed by atoms with Crippen molar-refractivity contribution in [3.63, 3.8) is 0 Å². The van der Waals surface area contributed by atoms with Crippen LogP contribution in [-0.4, -0.2) is 18.6 Å². The molecule has 1 N–H and O–H groups in total. The van der Waals surface area contributed by atoms with Gasteiger partial charge in [-0.1, -0.05) is 24.6 Å². The Kier molecular flexibility index (Phi) is 5.21. The van der Waals surface area contributed by atoms with E-state index in [-0.39, 0.29) is 0 Å². The van der Waals surface area contributed by atoms with Gasteiger partial charge in [0.15, 0.2) is 5.82 Å². The minimum Gasteiger partial charge on any atom is -0.328 e. The Balaban J connectivity index is 2.28. The number of nitrogens with one attached hydrogen (secondary N) is 1. The van der Waals surface area contributed by atoms with Crippen molar-refractivity contribution in [1.29, 1.82) is 0 Å². The van der Waals surface area contributed by atoms with E-state index in [0.717, 1.165) is 30.2 Å². The Morgan fingerprint density at radius 3 is 2.38 bits per heavy atom. The first kappa shape index (κ1) is 15.8. The second-order valence-electron chi connectivity index (χ2n) is 5.33. The highest BCUT2D eigenvalue weighted by molar-refractivity contribution is 6.33. The van der Waals surface area contributed by atoms with E-state index >= 15 is 0 Å². The molecule has 4 heteroatoms. The van der Waals surface area contributed by atoms with Crippen LogP contribution in [0.1, 0.15) is 23.6 Å². The monoisotopic (exact) mass is 303 g/mol. The van der Waals surface area contributed by atoms with E-state index in [2.05, 4.69) is 49.3 Å². The number of hydrogen-bond acceptors (Lipinski definition) is 3. The summed E-state index contributed by atoms with van der Waals surface area (Å²) in [6, 6.07) is 8.41. The van der Waals surface area contributed by atoms with Gasteiger partial charge in [-0.3, -0.25) is 0 Å². The number of nitrogens with zero attached hydrogens (tertiary/aromatic N) is 2. The highest BCUT2D eigenvalue weighted by Crippen LogP contribution is 2.30. The third kappa shape index (κ3) is 3.96. The molecule has 0 bridgehead atoms. The zero-order chi connectivity index (χ0) is 15.4. The van der Waals surface area contributed by atoms with Crippen molar-refractivity contribution in [1.82, 2.24) is 10.3 Å². The lowest BCUT2D eigenvalue weighted by atomic mass is 10.1. The zero-order valence-electron chi connectivity index (χ0n) is 13.1. The summed E-state index contributed by atoms with van der Waals surface area (Å²) >= 11 is 6.40. The highest BCUT2D eigenvalue weighted by Gasteiger charge is 2.11. The number of pyridine rings is 1. The third-order valence-electron chi connectivity index (χ3n) is 3.37. The Morgan fingerprint density at radius 1 is 1.14 bits per heavy atom. The molecule has 2 aromatic rings. The summed E-state index contributed by atoms with van der Waals surface area (Å²) in [6.45, 7) is 7.99. The molecular formula is C17H22ClN3. The van der Waals surface area contributed by atoms with Gasteiger partial charge in [-0.2, -0.15) is 0 Å². The van der Waals surface area contributed by atoms with Crippen molar-refractivity contribution in [2.24, 2.45) is 0 Å². The Bertz CT molecular complexity index is 605. The van der Waals surface area contributed by atoms with Crippen LogP contribution in [0.15, 0.2) is 30.5 Å². The maximum atomic E-state index is 6.40. The molecule has 0 atom stereocenters. The lowest BCUT2D eigenvalue weighted by Crippen LogP contribution is -2.14. The molecule has 0 unspecified atom stereocenters. The molecule has 0 saturated heterocycles. The molecule has 2 rings (SSSR count). The van der Waals surface area contributed by atoms with Gasteiger partial charge < -0.3 is 10.2 Å². The van der Waals surface area contributed by atoms with Crippen LogP contribution in [0.3, 0.4) is 0 Å². The largest absolute Gasteiger partial charge is 0.328 e. The number of aryl methyl sites for hydroxylation is 2. The molecule has 3 nitrogen and oxygen atoms in total. The number of hydrogen-bond donors (Lipinski definition) is 1. The number of aromatic nitrogens is 1. The molecule has 0 aliphatic heterocycles. The molecule has 112 valence electrons. The van der Waals surface area contributed by atoms with E-state index in [1.165, 1.54) is 11.1 Å². The van der Waals surface area contributed by atoms with Crippen LogP contribution in [-0.2, 0) is 6.54 Å². The Labute approximate surface area is 132 Å². The van der Waals surface area contributed by atoms with E-state index < -0.39 is 0 Å². The normalized spacial score (nSPS) is 10.7. The first-order valence-corrected chi connectivity index (χ1v) is 7.56. The van der Waals surface area contributed by atoms with Crippen LogP contribution < -0.4 is 10.2 Å². The first-order valence-electron chi connectivity index (χ1n) is 7.18. The molecule has 0 spiro atoms.